The highest BCUT2D eigenvalue weighted by Crippen LogP contribution is 2.23. The molecule has 1 N–H and O–H groups in total. The Balaban J connectivity index is 2.28. The molecule has 1 aromatic carbocycles. The summed E-state index contributed by atoms with van der Waals surface area (Å²) < 4.78 is 32.1. The number of rotatable bonds is 4. The van der Waals surface area contributed by atoms with Crippen molar-refractivity contribution in [1.29, 1.82) is 0 Å². The van der Waals surface area contributed by atoms with E-state index in [1.807, 2.05) is 6.92 Å². The molecule has 8 heteroatoms. The number of piperazine rings is 1. The minimum atomic E-state index is -3.89. The molecule has 7 nitrogen and oxygen atoms in total. The number of nitrogens with zero attached hydrogens (tertiary/aromatic N) is 1. The molecule has 25 heavy (non-hydrogen) atoms. The Morgan fingerprint density at radius 1 is 1.28 bits per heavy atom. The summed E-state index contributed by atoms with van der Waals surface area (Å²) in [6.45, 7) is 7.31. The Kier molecular flexibility index (Phi) is 5.53. The molecule has 0 radical (unpaired) electrons. The summed E-state index contributed by atoms with van der Waals surface area (Å²) in [6, 6.07) is 5.28. The fourth-order valence-corrected chi connectivity index (χ4v) is 4.15. The summed E-state index contributed by atoms with van der Waals surface area (Å²) in [5.41, 5.74) is 0.226. The van der Waals surface area contributed by atoms with Crippen LogP contribution in [0, 0.1) is 6.92 Å². The first kappa shape index (κ1) is 19.4. The Bertz CT molecular complexity index is 750. The molecule has 0 aromatic heterocycles. The Morgan fingerprint density at radius 3 is 2.44 bits per heavy atom. The predicted octanol–water partition coefficient (Wildman–Crippen LogP) is 1.22. The largest absolute Gasteiger partial charge is 0.460 e. The van der Waals surface area contributed by atoms with Crippen LogP contribution in [0.1, 0.15) is 32.8 Å². The molecule has 1 aliphatic heterocycles. The number of aryl methyl sites for hydroxylation is 1. The van der Waals surface area contributed by atoms with E-state index in [1.165, 1.54) is 12.1 Å². The van der Waals surface area contributed by atoms with Gasteiger partial charge in [-0.25, -0.2) is 8.42 Å². The maximum absolute atomic E-state index is 12.9. The third kappa shape index (κ3) is 4.79. The summed E-state index contributed by atoms with van der Waals surface area (Å²) in [7, 11) is -3.89. The van der Waals surface area contributed by atoms with E-state index < -0.39 is 33.5 Å². The number of benzene rings is 1. The van der Waals surface area contributed by atoms with Gasteiger partial charge in [-0.15, -0.1) is 0 Å². The van der Waals surface area contributed by atoms with Crippen molar-refractivity contribution >= 4 is 21.9 Å². The Hall–Kier alpha value is -1.93. The number of carbonyl (C=O) groups excluding carboxylic acids is 2. The first-order valence-electron chi connectivity index (χ1n) is 8.09. The quantitative estimate of drug-likeness (QED) is 0.807. The van der Waals surface area contributed by atoms with Crippen LogP contribution < -0.4 is 5.32 Å². The van der Waals surface area contributed by atoms with Crippen molar-refractivity contribution in [1.82, 2.24) is 9.62 Å². The Labute approximate surface area is 148 Å². The highest BCUT2D eigenvalue weighted by Gasteiger charge is 2.40. The molecule has 2 rings (SSSR count). The topological polar surface area (TPSA) is 92.8 Å². The van der Waals surface area contributed by atoms with Gasteiger partial charge in [0.2, 0.25) is 15.9 Å². The van der Waals surface area contributed by atoms with Gasteiger partial charge in [-0.3, -0.25) is 9.59 Å². The SMILES string of the molecule is Cc1ccc(S(=O)(=O)N2CCNC(=O)C2CC(=O)OC(C)(C)C)cc1. The van der Waals surface area contributed by atoms with Crippen molar-refractivity contribution in [3.63, 3.8) is 0 Å². The van der Waals surface area contributed by atoms with Crippen LogP contribution in [0.3, 0.4) is 0 Å². The van der Waals surface area contributed by atoms with E-state index in [-0.39, 0.29) is 24.4 Å². The highest BCUT2D eigenvalue weighted by atomic mass is 32.2. The molecular weight excluding hydrogens is 344 g/mol. The normalized spacial score (nSPS) is 19.4. The molecule has 1 atom stereocenters. The number of ether oxygens (including phenoxy) is 1. The lowest BCUT2D eigenvalue weighted by Gasteiger charge is -2.34. The van der Waals surface area contributed by atoms with Crippen LogP contribution in [-0.2, 0) is 24.3 Å². The summed E-state index contributed by atoms with van der Waals surface area (Å²) in [4.78, 5) is 24.4. The van der Waals surface area contributed by atoms with Gasteiger partial charge in [-0.05, 0) is 39.8 Å². The second-order valence-electron chi connectivity index (χ2n) is 7.03. The number of esters is 1. The van der Waals surface area contributed by atoms with E-state index in [4.69, 9.17) is 4.74 Å². The molecule has 1 heterocycles. The van der Waals surface area contributed by atoms with Crippen LogP contribution in [0.2, 0.25) is 0 Å². The first-order valence-corrected chi connectivity index (χ1v) is 9.53. The lowest BCUT2D eigenvalue weighted by atomic mass is 10.1. The second-order valence-corrected chi connectivity index (χ2v) is 8.92. The molecule has 1 saturated heterocycles. The second kappa shape index (κ2) is 7.13. The summed E-state index contributed by atoms with van der Waals surface area (Å²) in [5.74, 6) is -1.11. The highest BCUT2D eigenvalue weighted by molar-refractivity contribution is 7.89. The molecule has 0 saturated carbocycles. The van der Waals surface area contributed by atoms with Crippen molar-refractivity contribution < 1.29 is 22.7 Å². The molecule has 138 valence electrons. The summed E-state index contributed by atoms with van der Waals surface area (Å²) in [5, 5.41) is 2.61. The molecule has 0 bridgehead atoms. The third-order valence-electron chi connectivity index (χ3n) is 3.69. The van der Waals surface area contributed by atoms with Crippen molar-refractivity contribution in [3.8, 4) is 0 Å². The van der Waals surface area contributed by atoms with Crippen molar-refractivity contribution in [2.24, 2.45) is 0 Å². The zero-order valence-corrected chi connectivity index (χ0v) is 15.7. The van der Waals surface area contributed by atoms with Gasteiger partial charge in [0.25, 0.3) is 0 Å². The third-order valence-corrected chi connectivity index (χ3v) is 5.61. The number of amides is 1. The number of hydrogen-bond acceptors (Lipinski definition) is 5. The van der Waals surface area contributed by atoms with E-state index in [0.717, 1.165) is 9.87 Å². The molecule has 1 aliphatic rings. The zero-order chi connectivity index (χ0) is 18.8. The summed E-state index contributed by atoms with van der Waals surface area (Å²) in [6.07, 6.45) is -0.325. The number of sulfonamides is 1. The van der Waals surface area contributed by atoms with Crippen LogP contribution >= 0.6 is 0 Å². The monoisotopic (exact) mass is 368 g/mol. The lowest BCUT2D eigenvalue weighted by molar-refractivity contribution is -0.157. The lowest BCUT2D eigenvalue weighted by Crippen LogP contribution is -2.57. The van der Waals surface area contributed by atoms with Gasteiger partial charge in [0.15, 0.2) is 0 Å². The van der Waals surface area contributed by atoms with Gasteiger partial charge in [-0.1, -0.05) is 17.7 Å². The molecule has 1 fully saturated rings. The Morgan fingerprint density at radius 2 is 1.88 bits per heavy atom. The number of hydrogen-bond donors (Lipinski definition) is 1. The minimum Gasteiger partial charge on any atom is -0.460 e. The average Bonchev–Trinajstić information content (AvgIpc) is 2.47. The van der Waals surface area contributed by atoms with Crippen LogP contribution in [0.25, 0.3) is 0 Å². The van der Waals surface area contributed by atoms with Crippen molar-refractivity contribution in [3.05, 3.63) is 29.8 Å². The van der Waals surface area contributed by atoms with Gasteiger partial charge in [0.1, 0.15) is 11.6 Å². The van der Waals surface area contributed by atoms with Gasteiger partial charge in [0.05, 0.1) is 11.3 Å². The molecule has 0 spiro atoms. The number of carbonyl (C=O) groups is 2. The van der Waals surface area contributed by atoms with Crippen molar-refractivity contribution in [2.45, 2.75) is 50.7 Å². The van der Waals surface area contributed by atoms with E-state index in [9.17, 15) is 18.0 Å². The number of nitrogens with one attached hydrogen (secondary N) is 1. The van der Waals surface area contributed by atoms with Crippen LogP contribution in [0.5, 0.6) is 0 Å². The van der Waals surface area contributed by atoms with E-state index >= 15 is 0 Å². The summed E-state index contributed by atoms with van der Waals surface area (Å²) >= 11 is 0. The molecule has 1 aromatic rings. The van der Waals surface area contributed by atoms with Crippen LogP contribution in [0.4, 0.5) is 0 Å². The maximum atomic E-state index is 12.9. The predicted molar refractivity (Wildman–Crippen MR) is 92.3 cm³/mol. The smallest absolute Gasteiger partial charge is 0.308 e. The fourth-order valence-electron chi connectivity index (χ4n) is 2.56. The molecule has 1 amide bonds. The minimum absolute atomic E-state index is 0.0991. The van der Waals surface area contributed by atoms with E-state index in [0.29, 0.717) is 0 Å². The van der Waals surface area contributed by atoms with Gasteiger partial charge >= 0.3 is 5.97 Å². The standard InChI is InChI=1S/C17H24N2O5S/c1-12-5-7-13(8-6-12)25(22,23)19-10-9-18-16(21)14(19)11-15(20)24-17(2,3)4/h5-8,14H,9-11H2,1-4H3,(H,18,21). The maximum Gasteiger partial charge on any atom is 0.308 e. The van der Waals surface area contributed by atoms with Gasteiger partial charge < -0.3 is 10.1 Å². The first-order chi connectivity index (χ1) is 11.5. The average molecular weight is 368 g/mol. The molecule has 0 aliphatic carbocycles. The van der Waals surface area contributed by atoms with Gasteiger partial charge in [0, 0.05) is 13.1 Å². The van der Waals surface area contributed by atoms with Crippen molar-refractivity contribution in [2.75, 3.05) is 13.1 Å². The van der Waals surface area contributed by atoms with Gasteiger partial charge in [-0.2, -0.15) is 4.31 Å². The van der Waals surface area contributed by atoms with E-state index in [2.05, 4.69) is 5.32 Å². The van der Waals surface area contributed by atoms with Crippen LogP contribution in [0.15, 0.2) is 29.2 Å². The van der Waals surface area contributed by atoms with Crippen LogP contribution in [-0.4, -0.2) is 49.3 Å². The molecule has 1 unspecified atom stereocenters. The van der Waals surface area contributed by atoms with E-state index in [1.54, 1.807) is 32.9 Å². The molecular formula is C17H24N2O5S. The fraction of sp³-hybridized carbons (Fsp3) is 0.529. The zero-order valence-electron chi connectivity index (χ0n) is 14.9.